The lowest BCUT2D eigenvalue weighted by Gasteiger charge is -2.15. The Morgan fingerprint density at radius 1 is 0.955 bits per heavy atom. The van der Waals surface area contributed by atoms with E-state index >= 15 is 0 Å². The smallest absolute Gasteiger partial charge is 0.163 e. The van der Waals surface area contributed by atoms with Crippen LogP contribution in [0.25, 0.3) is 11.1 Å². The van der Waals surface area contributed by atoms with Crippen LogP contribution in [0.5, 0.6) is 0 Å². The van der Waals surface area contributed by atoms with Crippen molar-refractivity contribution in [3.63, 3.8) is 0 Å². The number of carbonyl (C=O) groups excluding carboxylic acids is 1. The van der Waals surface area contributed by atoms with Crippen molar-refractivity contribution in [2.24, 2.45) is 0 Å². The van der Waals surface area contributed by atoms with Crippen molar-refractivity contribution >= 4 is 16.9 Å². The van der Waals surface area contributed by atoms with E-state index in [1.54, 1.807) is 0 Å². The molecule has 0 atom stereocenters. The molecular formula is C21H22O. The second-order valence-electron chi connectivity index (χ2n) is 5.90. The Bertz CT molecular complexity index is 695. The van der Waals surface area contributed by atoms with E-state index in [1.807, 2.05) is 12.1 Å². The first-order chi connectivity index (χ1) is 10.8. The van der Waals surface area contributed by atoms with Gasteiger partial charge in [-0.2, -0.15) is 0 Å². The summed E-state index contributed by atoms with van der Waals surface area (Å²) >= 11 is 0. The molecule has 0 unspecified atom stereocenters. The number of benzene rings is 2. The number of carbonyl (C=O) groups is 1. The van der Waals surface area contributed by atoms with Crippen LogP contribution in [0.1, 0.15) is 49.3 Å². The number of fused-ring (bicyclic) bond motifs is 1. The van der Waals surface area contributed by atoms with Gasteiger partial charge in [0.15, 0.2) is 5.78 Å². The highest BCUT2D eigenvalue weighted by atomic mass is 16.1. The van der Waals surface area contributed by atoms with Gasteiger partial charge < -0.3 is 0 Å². The zero-order valence-corrected chi connectivity index (χ0v) is 13.1. The molecule has 0 bridgehead atoms. The summed E-state index contributed by atoms with van der Waals surface area (Å²) in [7, 11) is 0. The number of aryl methyl sites for hydroxylation is 1. The molecule has 0 fully saturated rings. The molecule has 3 rings (SSSR count). The molecule has 2 aromatic carbocycles. The zero-order chi connectivity index (χ0) is 15.4. The van der Waals surface area contributed by atoms with E-state index in [4.69, 9.17) is 0 Å². The molecule has 0 spiro atoms. The maximum absolute atomic E-state index is 12.8. The molecule has 0 radical (unpaired) electrons. The van der Waals surface area contributed by atoms with E-state index in [0.717, 1.165) is 36.8 Å². The van der Waals surface area contributed by atoms with Gasteiger partial charge in [0.25, 0.3) is 0 Å². The average Bonchev–Trinajstić information content (AvgIpc) is 2.72. The van der Waals surface area contributed by atoms with Crippen molar-refractivity contribution in [3.8, 4) is 0 Å². The van der Waals surface area contributed by atoms with Gasteiger partial charge in [-0.25, -0.2) is 0 Å². The van der Waals surface area contributed by atoms with Gasteiger partial charge in [0.05, 0.1) is 0 Å². The largest absolute Gasteiger partial charge is 0.294 e. The molecular weight excluding hydrogens is 268 g/mol. The summed E-state index contributed by atoms with van der Waals surface area (Å²) in [6, 6.07) is 18.8. The molecule has 112 valence electrons. The van der Waals surface area contributed by atoms with E-state index in [0.29, 0.717) is 12.2 Å². The minimum atomic E-state index is 0.303. The summed E-state index contributed by atoms with van der Waals surface area (Å²) in [5.74, 6) is 0.303. The summed E-state index contributed by atoms with van der Waals surface area (Å²) in [5, 5.41) is 0. The number of hydrogen-bond donors (Lipinski definition) is 0. The van der Waals surface area contributed by atoms with Crippen LogP contribution in [0, 0.1) is 0 Å². The van der Waals surface area contributed by atoms with Crippen LogP contribution in [0.15, 0.2) is 54.6 Å². The Labute approximate surface area is 132 Å². The van der Waals surface area contributed by atoms with Gasteiger partial charge in [-0.3, -0.25) is 4.79 Å². The third-order valence-corrected chi connectivity index (χ3v) is 4.34. The quantitative estimate of drug-likeness (QED) is 0.553. The van der Waals surface area contributed by atoms with Gasteiger partial charge >= 0.3 is 0 Å². The van der Waals surface area contributed by atoms with Gasteiger partial charge in [0, 0.05) is 12.0 Å². The van der Waals surface area contributed by atoms with Crippen molar-refractivity contribution in [1.29, 1.82) is 0 Å². The number of ketones is 1. The lowest BCUT2D eigenvalue weighted by Crippen LogP contribution is -2.04. The summed E-state index contributed by atoms with van der Waals surface area (Å²) in [4.78, 5) is 12.8. The summed E-state index contributed by atoms with van der Waals surface area (Å²) in [6.07, 6.45) is 4.60. The Hall–Kier alpha value is -2.15. The molecule has 0 aliphatic heterocycles. The highest BCUT2D eigenvalue weighted by molar-refractivity contribution is 6.28. The third-order valence-electron chi connectivity index (χ3n) is 4.34. The maximum Gasteiger partial charge on any atom is 0.163 e. The fourth-order valence-corrected chi connectivity index (χ4v) is 3.33. The highest BCUT2D eigenvalue weighted by Crippen LogP contribution is 2.35. The molecule has 1 heteroatoms. The van der Waals surface area contributed by atoms with Crippen LogP contribution in [-0.2, 0) is 11.2 Å². The minimum absolute atomic E-state index is 0.303. The topological polar surface area (TPSA) is 17.1 Å². The third kappa shape index (κ3) is 2.89. The van der Waals surface area contributed by atoms with Crippen molar-refractivity contribution < 1.29 is 4.79 Å². The molecule has 22 heavy (non-hydrogen) atoms. The Morgan fingerprint density at radius 3 is 2.45 bits per heavy atom. The molecule has 0 saturated heterocycles. The first-order valence-corrected chi connectivity index (χ1v) is 8.21. The number of Topliss-reactive ketones (excluding diaryl/α,β-unsaturated/α-hetero) is 1. The molecule has 0 N–H and O–H groups in total. The normalized spacial score (nSPS) is 16.9. The number of allylic oxidation sites excluding steroid dienone is 2. The first kappa shape index (κ1) is 14.8. The summed E-state index contributed by atoms with van der Waals surface area (Å²) in [5.41, 5.74) is 5.82. The monoisotopic (exact) mass is 290 g/mol. The molecule has 1 aliphatic carbocycles. The van der Waals surface area contributed by atoms with E-state index in [9.17, 15) is 4.79 Å². The van der Waals surface area contributed by atoms with E-state index in [2.05, 4.69) is 49.4 Å². The fourth-order valence-electron chi connectivity index (χ4n) is 3.33. The van der Waals surface area contributed by atoms with Gasteiger partial charge in [-0.05, 0) is 41.5 Å². The van der Waals surface area contributed by atoms with Crippen molar-refractivity contribution in [2.75, 3.05) is 0 Å². The Morgan fingerprint density at radius 2 is 1.68 bits per heavy atom. The van der Waals surface area contributed by atoms with Crippen molar-refractivity contribution in [1.82, 2.24) is 0 Å². The fraction of sp³-hybridized carbons (Fsp3) is 0.286. The second kappa shape index (κ2) is 6.74. The summed E-state index contributed by atoms with van der Waals surface area (Å²) < 4.78 is 0. The average molecular weight is 290 g/mol. The second-order valence-corrected chi connectivity index (χ2v) is 5.90. The predicted octanol–water partition coefficient (Wildman–Crippen LogP) is 5.30. The molecule has 2 aromatic rings. The van der Waals surface area contributed by atoms with E-state index in [-0.39, 0.29) is 0 Å². The standard InChI is InChI=1S/C21H22O/c1-2-9-18(16-10-4-3-5-11-16)21-19-14-7-6-12-17(19)13-8-15-20(21)22/h3-7,10-12,14H,2,8-9,13,15H2,1H3/b21-18-. The molecule has 1 aliphatic rings. The van der Waals surface area contributed by atoms with Crippen molar-refractivity contribution in [2.45, 2.75) is 39.0 Å². The minimum Gasteiger partial charge on any atom is -0.294 e. The van der Waals surface area contributed by atoms with Crippen LogP contribution in [0.3, 0.4) is 0 Å². The van der Waals surface area contributed by atoms with Crippen LogP contribution in [-0.4, -0.2) is 5.78 Å². The van der Waals surface area contributed by atoms with Crippen LogP contribution in [0.2, 0.25) is 0 Å². The summed E-state index contributed by atoms with van der Waals surface area (Å²) in [6.45, 7) is 2.18. The predicted molar refractivity (Wildman–Crippen MR) is 92.6 cm³/mol. The molecule has 0 aromatic heterocycles. The SMILES string of the molecule is CCC/C(=C1/C(=O)CCCc2ccccc21)c1ccccc1. The van der Waals surface area contributed by atoms with Gasteiger partial charge in [0.1, 0.15) is 0 Å². The molecule has 0 amide bonds. The van der Waals surface area contributed by atoms with Gasteiger partial charge in [-0.15, -0.1) is 0 Å². The van der Waals surface area contributed by atoms with Crippen LogP contribution in [0.4, 0.5) is 0 Å². The lowest BCUT2D eigenvalue weighted by molar-refractivity contribution is -0.113. The van der Waals surface area contributed by atoms with E-state index < -0.39 is 0 Å². The number of hydrogen-bond acceptors (Lipinski definition) is 1. The highest BCUT2D eigenvalue weighted by Gasteiger charge is 2.23. The molecule has 0 saturated carbocycles. The van der Waals surface area contributed by atoms with Crippen LogP contribution < -0.4 is 0 Å². The van der Waals surface area contributed by atoms with E-state index in [1.165, 1.54) is 16.7 Å². The Kier molecular flexibility index (Phi) is 4.53. The molecule has 0 heterocycles. The van der Waals surface area contributed by atoms with Crippen molar-refractivity contribution in [3.05, 3.63) is 71.3 Å². The van der Waals surface area contributed by atoms with Gasteiger partial charge in [-0.1, -0.05) is 67.9 Å². The lowest BCUT2D eigenvalue weighted by atomic mass is 9.88. The maximum atomic E-state index is 12.8. The molecule has 1 nitrogen and oxygen atoms in total. The zero-order valence-electron chi connectivity index (χ0n) is 13.1. The van der Waals surface area contributed by atoms with Crippen LogP contribution >= 0.6 is 0 Å². The number of rotatable bonds is 3. The Balaban J connectivity index is 2.25. The van der Waals surface area contributed by atoms with Gasteiger partial charge in [0.2, 0.25) is 0 Å². The first-order valence-electron chi connectivity index (χ1n) is 8.21.